The lowest BCUT2D eigenvalue weighted by molar-refractivity contribution is -0.141. The van der Waals surface area contributed by atoms with Crippen LogP contribution in [0.5, 0.6) is 5.75 Å². The number of nitrogens with zero attached hydrogens (tertiary/aromatic N) is 1. The Kier molecular flexibility index (Phi) is 8.29. The standard InChI is InChI=1S/C29H37NO6/c1-3-19(15-20-8-7-9-21(31)16-20)11-12-24-26-18(2)14-22-27(23(26)17-36-24)29(35)30(28(22)34)13-6-4-5-10-25(32)33/h7-9,15-16,22-24,27,31H,3-6,10-14,17H2,1-2H3,(H,32,33)/b19-15+/t22-,23+,24-,27-/m1/s1. The smallest absolute Gasteiger partial charge is 0.303 e. The van der Waals surface area contributed by atoms with Crippen LogP contribution in [0.3, 0.4) is 0 Å². The number of aromatic hydroxyl groups is 1. The molecule has 0 radical (unpaired) electrons. The minimum Gasteiger partial charge on any atom is -0.508 e. The van der Waals surface area contributed by atoms with Crippen LogP contribution < -0.4 is 0 Å². The van der Waals surface area contributed by atoms with Gasteiger partial charge < -0.3 is 14.9 Å². The molecule has 1 aromatic rings. The van der Waals surface area contributed by atoms with Crippen molar-refractivity contribution in [2.24, 2.45) is 17.8 Å². The third-order valence-electron chi connectivity index (χ3n) is 7.94. The van der Waals surface area contributed by atoms with Gasteiger partial charge in [-0.05, 0) is 68.7 Å². The second-order valence-electron chi connectivity index (χ2n) is 10.3. The first-order valence-corrected chi connectivity index (χ1v) is 13.2. The summed E-state index contributed by atoms with van der Waals surface area (Å²) in [5, 5.41) is 18.5. The van der Waals surface area contributed by atoms with Gasteiger partial charge in [0.1, 0.15) is 5.75 Å². The predicted octanol–water partition coefficient (Wildman–Crippen LogP) is 4.95. The number of benzene rings is 1. The first-order chi connectivity index (χ1) is 17.3. The minimum atomic E-state index is -0.819. The summed E-state index contributed by atoms with van der Waals surface area (Å²) in [7, 11) is 0. The van der Waals surface area contributed by atoms with Crippen LogP contribution in [0.25, 0.3) is 6.08 Å². The number of hydrogen-bond acceptors (Lipinski definition) is 5. The topological polar surface area (TPSA) is 104 Å². The van der Waals surface area contributed by atoms with Crippen molar-refractivity contribution >= 4 is 23.9 Å². The highest BCUT2D eigenvalue weighted by Gasteiger charge is 2.56. The van der Waals surface area contributed by atoms with Gasteiger partial charge in [0.15, 0.2) is 0 Å². The Bertz CT molecular complexity index is 1070. The van der Waals surface area contributed by atoms with E-state index in [4.69, 9.17) is 9.84 Å². The second-order valence-corrected chi connectivity index (χ2v) is 10.3. The van der Waals surface area contributed by atoms with Gasteiger partial charge in [0.05, 0.1) is 24.5 Å². The first kappa shape index (κ1) is 26.1. The number of allylic oxidation sites excluding steroid dienone is 2. The van der Waals surface area contributed by atoms with Crippen molar-refractivity contribution in [3.05, 3.63) is 46.5 Å². The van der Waals surface area contributed by atoms with Crippen molar-refractivity contribution in [1.29, 1.82) is 0 Å². The minimum absolute atomic E-state index is 0.0388. The van der Waals surface area contributed by atoms with Gasteiger partial charge in [-0.15, -0.1) is 0 Å². The van der Waals surface area contributed by atoms with Gasteiger partial charge in [0.25, 0.3) is 0 Å². The van der Waals surface area contributed by atoms with Gasteiger partial charge in [-0.3, -0.25) is 19.3 Å². The fourth-order valence-corrected chi connectivity index (χ4v) is 6.16. The molecule has 0 saturated carbocycles. The van der Waals surface area contributed by atoms with Crippen LogP contribution in [0.4, 0.5) is 0 Å². The Labute approximate surface area is 212 Å². The Morgan fingerprint density at radius 1 is 1.14 bits per heavy atom. The average Bonchev–Trinajstić information content (AvgIpc) is 3.36. The number of carbonyl (C=O) groups is 3. The van der Waals surface area contributed by atoms with Crippen molar-refractivity contribution < 1.29 is 29.3 Å². The molecular formula is C29H37NO6. The number of carboxylic acid groups (broad SMARTS) is 1. The number of imide groups is 1. The third-order valence-corrected chi connectivity index (χ3v) is 7.94. The number of fused-ring (bicyclic) bond motifs is 3. The number of phenolic OH excluding ortho intramolecular Hbond substituents is 1. The number of carbonyl (C=O) groups excluding carboxylic acids is 2. The Hall–Kier alpha value is -2.93. The van der Waals surface area contributed by atoms with Crippen LogP contribution in [-0.2, 0) is 19.1 Å². The van der Waals surface area contributed by atoms with Crippen molar-refractivity contribution in [3.63, 3.8) is 0 Å². The third kappa shape index (κ3) is 5.56. The summed E-state index contributed by atoms with van der Waals surface area (Å²) < 4.78 is 6.23. The molecule has 2 saturated heterocycles. The lowest BCUT2D eigenvalue weighted by Crippen LogP contribution is -2.34. The molecule has 1 aromatic carbocycles. The summed E-state index contributed by atoms with van der Waals surface area (Å²) >= 11 is 0. The van der Waals surface area contributed by atoms with Crippen LogP contribution in [0.2, 0.25) is 0 Å². The summed E-state index contributed by atoms with van der Waals surface area (Å²) in [6, 6.07) is 7.24. The highest BCUT2D eigenvalue weighted by Crippen LogP contribution is 2.49. The normalized spacial score (nSPS) is 25.9. The molecule has 2 heterocycles. The molecule has 0 bridgehead atoms. The molecule has 4 atom stereocenters. The van der Waals surface area contributed by atoms with Gasteiger partial charge in [-0.1, -0.05) is 42.7 Å². The molecule has 7 nitrogen and oxygen atoms in total. The zero-order chi connectivity index (χ0) is 25.8. The molecule has 0 spiro atoms. The summed E-state index contributed by atoms with van der Waals surface area (Å²) in [4.78, 5) is 38.6. The number of ether oxygens (including phenoxy) is 1. The van der Waals surface area contributed by atoms with Crippen molar-refractivity contribution in [2.75, 3.05) is 13.2 Å². The van der Waals surface area contributed by atoms with Crippen LogP contribution in [0, 0.1) is 17.8 Å². The van der Waals surface area contributed by atoms with E-state index >= 15 is 0 Å². The van der Waals surface area contributed by atoms with Gasteiger partial charge in [0, 0.05) is 18.9 Å². The molecule has 0 unspecified atom stereocenters. The number of hydrogen-bond donors (Lipinski definition) is 2. The highest BCUT2D eigenvalue weighted by atomic mass is 16.5. The van der Waals surface area contributed by atoms with Crippen molar-refractivity contribution in [2.45, 2.75) is 71.3 Å². The fourth-order valence-electron chi connectivity index (χ4n) is 6.16. The lowest BCUT2D eigenvalue weighted by atomic mass is 9.70. The Morgan fingerprint density at radius 3 is 2.67 bits per heavy atom. The van der Waals surface area contributed by atoms with E-state index < -0.39 is 5.97 Å². The number of phenols is 1. The molecule has 7 heteroatoms. The Balaban J connectivity index is 1.39. The van der Waals surface area contributed by atoms with Crippen LogP contribution in [-0.4, -0.2) is 52.2 Å². The summed E-state index contributed by atoms with van der Waals surface area (Å²) in [5.41, 5.74) is 4.66. The molecule has 2 aliphatic heterocycles. The van der Waals surface area contributed by atoms with E-state index in [0.29, 0.717) is 38.8 Å². The molecular weight excluding hydrogens is 458 g/mol. The van der Waals surface area contributed by atoms with E-state index in [0.717, 1.165) is 24.8 Å². The average molecular weight is 496 g/mol. The monoisotopic (exact) mass is 495 g/mol. The molecule has 2 N–H and O–H groups in total. The zero-order valence-corrected chi connectivity index (χ0v) is 21.2. The number of likely N-dealkylation sites (tertiary alicyclic amines) is 1. The van der Waals surface area contributed by atoms with Gasteiger partial charge in [-0.25, -0.2) is 0 Å². The van der Waals surface area contributed by atoms with E-state index in [2.05, 4.69) is 19.9 Å². The Morgan fingerprint density at radius 2 is 1.94 bits per heavy atom. The maximum Gasteiger partial charge on any atom is 0.303 e. The highest BCUT2D eigenvalue weighted by molar-refractivity contribution is 6.05. The number of carboxylic acids is 1. The first-order valence-electron chi connectivity index (χ1n) is 13.2. The predicted molar refractivity (Wildman–Crippen MR) is 136 cm³/mol. The molecule has 3 aliphatic rings. The zero-order valence-electron chi connectivity index (χ0n) is 21.2. The number of unbranched alkanes of at least 4 members (excludes halogenated alkanes) is 2. The number of aliphatic carboxylic acids is 1. The lowest BCUT2D eigenvalue weighted by Gasteiger charge is -2.30. The van der Waals surface area contributed by atoms with Crippen molar-refractivity contribution in [1.82, 2.24) is 4.90 Å². The molecule has 4 rings (SSSR count). The van der Waals surface area contributed by atoms with Gasteiger partial charge in [0.2, 0.25) is 11.8 Å². The second kappa shape index (κ2) is 11.4. The SMILES string of the molecule is CC/C(=C\c1cccc(O)c1)CC[C@H]1OC[C@H]2C1=C(C)C[C@H]1C(=O)N(CCCCCC(=O)O)C(=O)[C@H]12. The molecule has 1 aliphatic carbocycles. The molecule has 2 amide bonds. The maximum atomic E-state index is 13.3. The maximum absolute atomic E-state index is 13.3. The van der Waals surface area contributed by atoms with Crippen molar-refractivity contribution in [3.8, 4) is 5.75 Å². The fraction of sp³-hybridized carbons (Fsp3) is 0.552. The van der Waals surface area contributed by atoms with Gasteiger partial charge in [-0.2, -0.15) is 0 Å². The quantitative estimate of drug-likeness (QED) is 0.256. The van der Waals surface area contributed by atoms with E-state index in [-0.39, 0.29) is 47.8 Å². The van der Waals surface area contributed by atoms with E-state index in [1.165, 1.54) is 21.6 Å². The summed E-state index contributed by atoms with van der Waals surface area (Å²) in [5.74, 6) is -1.41. The summed E-state index contributed by atoms with van der Waals surface area (Å²) in [6.45, 7) is 5.05. The van der Waals surface area contributed by atoms with Crippen LogP contribution in [0.15, 0.2) is 41.0 Å². The van der Waals surface area contributed by atoms with E-state index in [9.17, 15) is 19.5 Å². The van der Waals surface area contributed by atoms with E-state index in [1.54, 1.807) is 12.1 Å². The van der Waals surface area contributed by atoms with E-state index in [1.807, 2.05) is 12.1 Å². The summed E-state index contributed by atoms with van der Waals surface area (Å²) in [6.07, 6.45) is 7.28. The number of amides is 2. The van der Waals surface area contributed by atoms with Crippen LogP contribution >= 0.6 is 0 Å². The molecule has 36 heavy (non-hydrogen) atoms. The van der Waals surface area contributed by atoms with Gasteiger partial charge >= 0.3 is 5.97 Å². The molecule has 0 aromatic heterocycles. The largest absolute Gasteiger partial charge is 0.508 e. The number of rotatable bonds is 11. The molecule has 2 fully saturated rings. The van der Waals surface area contributed by atoms with Crippen LogP contribution in [0.1, 0.15) is 70.8 Å². The molecule has 194 valence electrons.